The van der Waals surface area contributed by atoms with E-state index in [4.69, 9.17) is 9.97 Å². The molecule has 4 unspecified atom stereocenters. The fourth-order valence-electron chi connectivity index (χ4n) is 6.98. The van der Waals surface area contributed by atoms with Gasteiger partial charge in [0.25, 0.3) is 0 Å². The Morgan fingerprint density at radius 1 is 0.775 bits per heavy atom. The van der Waals surface area contributed by atoms with Crippen LogP contribution in [-0.4, -0.2) is 41.3 Å². The first-order chi connectivity index (χ1) is 19.5. The van der Waals surface area contributed by atoms with Crippen LogP contribution in [0.1, 0.15) is 22.6 Å². The molecule has 4 heterocycles. The molecule has 40 heavy (non-hydrogen) atoms. The lowest BCUT2D eigenvalue weighted by Crippen LogP contribution is -2.59. The summed E-state index contributed by atoms with van der Waals surface area (Å²) in [6.45, 7) is 8.68. The number of para-hydroxylation sites is 2. The van der Waals surface area contributed by atoms with Crippen LogP contribution in [0.4, 0.5) is 22.9 Å². The number of aromatic nitrogens is 2. The van der Waals surface area contributed by atoms with Crippen molar-refractivity contribution in [1.82, 2.24) is 14.9 Å². The molecule has 0 amide bonds. The lowest BCUT2D eigenvalue weighted by atomic mass is 9.76. The smallest absolute Gasteiger partial charge is 0.161 e. The fourth-order valence-corrected chi connectivity index (χ4v) is 6.98. The molecule has 0 saturated carbocycles. The molecule has 0 fully saturated rings. The summed E-state index contributed by atoms with van der Waals surface area (Å²) in [5.41, 5.74) is 8.24. The van der Waals surface area contributed by atoms with Crippen LogP contribution in [0.5, 0.6) is 0 Å². The number of anilines is 4. The molecule has 4 aromatic rings. The summed E-state index contributed by atoms with van der Waals surface area (Å²) >= 11 is 0. The summed E-state index contributed by atoms with van der Waals surface area (Å²) in [4.78, 5) is 19.7. The number of fused-ring (bicyclic) bond motifs is 5. The van der Waals surface area contributed by atoms with Gasteiger partial charge in [0, 0.05) is 55.3 Å². The maximum absolute atomic E-state index is 5.19. The highest BCUT2D eigenvalue weighted by Gasteiger charge is 2.53. The zero-order valence-electron chi connectivity index (χ0n) is 23.4. The molecular formula is C34H34N6. The Balaban J connectivity index is 1.41. The van der Waals surface area contributed by atoms with Crippen molar-refractivity contribution in [2.24, 2.45) is 5.92 Å². The van der Waals surface area contributed by atoms with Crippen LogP contribution >= 0.6 is 0 Å². The van der Waals surface area contributed by atoms with E-state index < -0.39 is 0 Å². The zero-order valence-corrected chi connectivity index (χ0v) is 23.4. The van der Waals surface area contributed by atoms with Crippen LogP contribution < -0.4 is 14.7 Å². The van der Waals surface area contributed by atoms with Gasteiger partial charge in [-0.3, -0.25) is 0 Å². The summed E-state index contributed by atoms with van der Waals surface area (Å²) in [7, 11) is 4.36. The van der Waals surface area contributed by atoms with Crippen LogP contribution in [0.2, 0.25) is 0 Å². The zero-order chi connectivity index (χ0) is 27.5. The minimum Gasteiger partial charge on any atom is -0.358 e. The number of hydrogen-bond acceptors (Lipinski definition) is 6. The van der Waals surface area contributed by atoms with E-state index in [0.717, 1.165) is 22.9 Å². The first-order valence-corrected chi connectivity index (χ1v) is 13.9. The molecular weight excluding hydrogens is 492 g/mol. The van der Waals surface area contributed by atoms with Gasteiger partial charge in [0.2, 0.25) is 0 Å². The highest BCUT2D eigenvalue weighted by Crippen LogP contribution is 2.55. The summed E-state index contributed by atoms with van der Waals surface area (Å²) in [5.74, 6) is 2.00. The number of aryl methyl sites for hydroxylation is 2. The Bertz CT molecular complexity index is 1640. The second kappa shape index (κ2) is 9.26. The van der Waals surface area contributed by atoms with Crippen molar-refractivity contribution >= 4 is 22.9 Å². The first kappa shape index (κ1) is 24.5. The molecule has 7 rings (SSSR count). The normalized spacial score (nSPS) is 22.8. The molecule has 1 aromatic heterocycles. The van der Waals surface area contributed by atoms with Crippen LogP contribution in [0.3, 0.4) is 0 Å². The highest BCUT2D eigenvalue weighted by atomic mass is 15.5. The van der Waals surface area contributed by atoms with E-state index in [1.54, 1.807) is 0 Å². The Hall–Kier alpha value is -4.58. The maximum Gasteiger partial charge on any atom is 0.161 e. The van der Waals surface area contributed by atoms with E-state index in [2.05, 4.69) is 145 Å². The fraction of sp³-hybridized carbons (Fsp3) is 0.235. The van der Waals surface area contributed by atoms with Crippen molar-refractivity contribution < 1.29 is 0 Å². The van der Waals surface area contributed by atoms with Gasteiger partial charge in [-0.1, -0.05) is 66.7 Å². The van der Waals surface area contributed by atoms with Gasteiger partial charge >= 0.3 is 0 Å². The van der Waals surface area contributed by atoms with Crippen LogP contribution in [0.15, 0.2) is 104 Å². The van der Waals surface area contributed by atoms with Crippen molar-refractivity contribution in [2.75, 3.05) is 28.8 Å². The molecule has 0 spiro atoms. The average Bonchev–Trinajstić information content (AvgIpc) is 3.49. The number of hydrogen-bond donors (Lipinski definition) is 0. The van der Waals surface area contributed by atoms with Gasteiger partial charge in [-0.05, 0) is 42.7 Å². The predicted octanol–water partition coefficient (Wildman–Crippen LogP) is 6.82. The lowest BCUT2D eigenvalue weighted by molar-refractivity contribution is 0.203. The molecule has 0 N–H and O–H groups in total. The van der Waals surface area contributed by atoms with Crippen LogP contribution in [-0.2, 0) is 0 Å². The summed E-state index contributed by atoms with van der Waals surface area (Å²) in [5, 5.41) is 0. The first-order valence-electron chi connectivity index (χ1n) is 13.9. The molecule has 6 nitrogen and oxygen atoms in total. The van der Waals surface area contributed by atoms with Crippen molar-refractivity contribution in [1.29, 1.82) is 0 Å². The van der Waals surface area contributed by atoms with Crippen LogP contribution in [0, 0.1) is 19.8 Å². The molecule has 3 aliphatic heterocycles. The lowest BCUT2D eigenvalue weighted by Gasteiger charge is -2.50. The van der Waals surface area contributed by atoms with Crippen molar-refractivity contribution in [3.05, 3.63) is 121 Å². The van der Waals surface area contributed by atoms with Gasteiger partial charge in [-0.15, -0.1) is 6.58 Å². The van der Waals surface area contributed by atoms with E-state index in [1.807, 2.05) is 6.20 Å². The van der Waals surface area contributed by atoms with E-state index >= 15 is 0 Å². The molecule has 4 atom stereocenters. The van der Waals surface area contributed by atoms with Gasteiger partial charge in [-0.25, -0.2) is 9.97 Å². The summed E-state index contributed by atoms with van der Waals surface area (Å²) in [6.07, 6.45) is 8.66. The number of rotatable bonds is 4. The Morgan fingerprint density at radius 3 is 2.23 bits per heavy atom. The van der Waals surface area contributed by atoms with Crippen molar-refractivity contribution in [2.45, 2.75) is 32.1 Å². The predicted molar refractivity (Wildman–Crippen MR) is 164 cm³/mol. The molecule has 0 saturated heterocycles. The summed E-state index contributed by atoms with van der Waals surface area (Å²) < 4.78 is 0. The van der Waals surface area contributed by atoms with E-state index in [9.17, 15) is 0 Å². The maximum atomic E-state index is 5.19. The van der Waals surface area contributed by atoms with Crippen molar-refractivity contribution in [3.63, 3.8) is 0 Å². The van der Waals surface area contributed by atoms with Gasteiger partial charge in [0.15, 0.2) is 11.6 Å². The summed E-state index contributed by atoms with van der Waals surface area (Å²) in [6, 6.07) is 25.7. The highest BCUT2D eigenvalue weighted by molar-refractivity contribution is 5.85. The molecule has 0 aliphatic carbocycles. The quantitative estimate of drug-likeness (QED) is 0.272. The molecule has 3 aliphatic rings. The second-order valence-electron chi connectivity index (χ2n) is 11.1. The Morgan fingerprint density at radius 2 is 1.48 bits per heavy atom. The molecule has 200 valence electrons. The number of nitrogens with zero attached hydrogens (tertiary/aromatic N) is 6. The molecule has 0 bridgehead atoms. The van der Waals surface area contributed by atoms with Gasteiger partial charge in [0.05, 0.1) is 6.20 Å². The third kappa shape index (κ3) is 3.48. The van der Waals surface area contributed by atoms with E-state index in [0.29, 0.717) is 0 Å². The average molecular weight is 527 g/mol. The standard InChI is InChI=1S/C34H34N6/c1-6-24-26-16-10-12-18-28(26)40-29-21-35-31(25-15-9-7-13-22(25)2)36-32(29)38(5)34(40)30(24)33-37(4)19-20-39(33)27-17-11-8-14-23(27)3/h6-21,24,30,33-34H,1H2,2-5H3. The molecule has 6 heteroatoms. The van der Waals surface area contributed by atoms with E-state index in [1.165, 1.54) is 28.1 Å². The van der Waals surface area contributed by atoms with Gasteiger partial charge < -0.3 is 19.6 Å². The topological polar surface area (TPSA) is 38.7 Å². The largest absolute Gasteiger partial charge is 0.358 e. The minimum absolute atomic E-state index is 0.0215. The third-order valence-electron chi connectivity index (χ3n) is 8.86. The Kier molecular flexibility index (Phi) is 5.66. The second-order valence-corrected chi connectivity index (χ2v) is 11.1. The van der Waals surface area contributed by atoms with E-state index in [-0.39, 0.29) is 24.2 Å². The van der Waals surface area contributed by atoms with Crippen LogP contribution in [0.25, 0.3) is 11.4 Å². The minimum atomic E-state index is 0.0215. The monoisotopic (exact) mass is 526 g/mol. The molecule has 3 aromatic carbocycles. The number of benzene rings is 3. The van der Waals surface area contributed by atoms with Gasteiger partial charge in [0.1, 0.15) is 18.0 Å². The third-order valence-corrected chi connectivity index (χ3v) is 8.86. The SMILES string of the molecule is C=CC1c2ccccc2N2c3cnc(-c4ccccc4C)nc3N(C)C2C1C1N(C)C=CN1c1ccccc1C. The molecule has 0 radical (unpaired) electrons. The Labute approximate surface area is 236 Å². The van der Waals surface area contributed by atoms with Gasteiger partial charge in [-0.2, -0.15) is 0 Å². The van der Waals surface area contributed by atoms with Crippen molar-refractivity contribution in [3.8, 4) is 11.4 Å². The number of allylic oxidation sites excluding steroid dienone is 1.